The molecule has 1 aliphatic carbocycles. The maximum absolute atomic E-state index is 5.98. The van der Waals surface area contributed by atoms with Gasteiger partial charge in [0.1, 0.15) is 5.75 Å². The minimum Gasteiger partial charge on any atom is -0.493 e. The third-order valence-electron chi connectivity index (χ3n) is 6.02. The largest absolute Gasteiger partial charge is 0.493 e. The molecule has 0 radical (unpaired) electrons. The van der Waals surface area contributed by atoms with Crippen LogP contribution in [0, 0.1) is 25.2 Å². The van der Waals surface area contributed by atoms with Crippen LogP contribution in [0.5, 0.6) is 5.75 Å². The molecular formula is C21H29NO. The molecule has 2 aliphatic heterocycles. The maximum Gasteiger partial charge on any atom is 0.122 e. The van der Waals surface area contributed by atoms with E-state index in [9.17, 15) is 0 Å². The number of aryl methyl sites for hydroxylation is 1. The molecular weight excluding hydrogens is 282 g/mol. The van der Waals surface area contributed by atoms with E-state index >= 15 is 0 Å². The molecule has 2 heteroatoms. The van der Waals surface area contributed by atoms with Gasteiger partial charge in [-0.1, -0.05) is 5.92 Å². The van der Waals surface area contributed by atoms with Gasteiger partial charge < -0.3 is 4.74 Å². The second kappa shape index (κ2) is 6.57. The number of ether oxygens (including phenoxy) is 1. The molecule has 2 saturated heterocycles. The third-order valence-corrected chi connectivity index (χ3v) is 6.02. The monoisotopic (exact) mass is 311 g/mol. The Kier molecular flexibility index (Phi) is 4.69. The zero-order valence-electron chi connectivity index (χ0n) is 14.8. The Balaban J connectivity index is 1.51. The molecule has 1 aromatic rings. The van der Waals surface area contributed by atoms with Gasteiger partial charge in [-0.05, 0) is 82.6 Å². The first-order valence-electron chi connectivity index (χ1n) is 8.99. The lowest BCUT2D eigenvalue weighted by molar-refractivity contribution is -0.0684. The van der Waals surface area contributed by atoms with Gasteiger partial charge in [0, 0.05) is 23.7 Å². The molecule has 1 aromatic carbocycles. The number of piperidine rings is 2. The molecule has 0 N–H and O–H groups in total. The van der Waals surface area contributed by atoms with Crippen LogP contribution in [0.4, 0.5) is 0 Å². The summed E-state index contributed by atoms with van der Waals surface area (Å²) >= 11 is 0. The molecule has 0 amide bonds. The molecule has 1 saturated carbocycles. The van der Waals surface area contributed by atoms with E-state index in [0.29, 0.717) is 5.54 Å². The number of rotatable bonds is 5. The van der Waals surface area contributed by atoms with Crippen molar-refractivity contribution in [1.29, 1.82) is 0 Å². The van der Waals surface area contributed by atoms with Crippen molar-refractivity contribution in [2.24, 2.45) is 5.92 Å². The zero-order valence-corrected chi connectivity index (χ0v) is 14.8. The van der Waals surface area contributed by atoms with Gasteiger partial charge in [-0.25, -0.2) is 0 Å². The molecule has 0 unspecified atom stereocenters. The Morgan fingerprint density at radius 1 is 1.26 bits per heavy atom. The van der Waals surface area contributed by atoms with Crippen LogP contribution in [-0.4, -0.2) is 29.6 Å². The number of benzene rings is 1. The third kappa shape index (κ3) is 3.26. The Bertz CT molecular complexity index is 590. The summed E-state index contributed by atoms with van der Waals surface area (Å²) in [5.74, 6) is 4.51. The molecule has 23 heavy (non-hydrogen) atoms. The van der Waals surface area contributed by atoms with Crippen molar-refractivity contribution >= 4 is 0 Å². The van der Waals surface area contributed by atoms with Crippen molar-refractivity contribution in [3.8, 4) is 18.1 Å². The summed E-state index contributed by atoms with van der Waals surface area (Å²) in [6, 6.07) is 6.76. The van der Waals surface area contributed by atoms with Crippen LogP contribution in [0.2, 0.25) is 0 Å². The summed E-state index contributed by atoms with van der Waals surface area (Å²) in [7, 11) is 0. The van der Waals surface area contributed by atoms with E-state index in [4.69, 9.17) is 11.2 Å². The Morgan fingerprint density at radius 3 is 2.61 bits per heavy atom. The summed E-state index contributed by atoms with van der Waals surface area (Å²) in [5.41, 5.74) is 2.41. The fourth-order valence-electron chi connectivity index (χ4n) is 4.59. The highest BCUT2D eigenvalue weighted by Gasteiger charge is 2.46. The Morgan fingerprint density at radius 2 is 2.00 bits per heavy atom. The smallest absolute Gasteiger partial charge is 0.122 e. The first kappa shape index (κ1) is 16.4. The molecule has 4 rings (SSSR count). The van der Waals surface area contributed by atoms with Gasteiger partial charge >= 0.3 is 0 Å². The highest BCUT2D eigenvalue weighted by atomic mass is 16.5. The van der Waals surface area contributed by atoms with Crippen LogP contribution >= 0.6 is 0 Å². The lowest BCUT2D eigenvalue weighted by Gasteiger charge is -2.57. The second-order valence-electron chi connectivity index (χ2n) is 7.68. The minimum atomic E-state index is 0.367. The molecule has 2 heterocycles. The summed E-state index contributed by atoms with van der Waals surface area (Å²) in [6.45, 7) is 8.86. The number of nitrogens with zero attached hydrogens (tertiary/aromatic N) is 1. The summed E-state index contributed by atoms with van der Waals surface area (Å²) < 4.78 is 5.98. The summed E-state index contributed by atoms with van der Waals surface area (Å²) in [4.78, 5) is 2.75. The molecule has 0 atom stereocenters. The Labute approximate surface area is 141 Å². The van der Waals surface area contributed by atoms with E-state index in [1.54, 1.807) is 0 Å². The SMILES string of the molecule is C#Cc1ccc(OCCCN2C3CCC(CC3)C2(C)C)c(C)c1. The van der Waals surface area contributed by atoms with Gasteiger partial charge in [0.25, 0.3) is 0 Å². The normalized spacial score (nSPS) is 26.0. The van der Waals surface area contributed by atoms with Crippen LogP contribution in [0.15, 0.2) is 18.2 Å². The van der Waals surface area contributed by atoms with Gasteiger partial charge in [0.05, 0.1) is 6.61 Å². The van der Waals surface area contributed by atoms with Crippen LogP contribution in [-0.2, 0) is 0 Å². The van der Waals surface area contributed by atoms with Crippen molar-refractivity contribution < 1.29 is 4.74 Å². The highest BCUT2D eigenvalue weighted by molar-refractivity contribution is 5.42. The van der Waals surface area contributed by atoms with E-state index in [1.165, 1.54) is 25.7 Å². The van der Waals surface area contributed by atoms with Crippen molar-refractivity contribution in [2.75, 3.05) is 13.2 Å². The van der Waals surface area contributed by atoms with Crippen molar-refractivity contribution in [1.82, 2.24) is 4.90 Å². The predicted octanol–water partition coefficient (Wildman–Crippen LogP) is 4.40. The molecule has 3 aliphatic rings. The first-order valence-corrected chi connectivity index (χ1v) is 8.99. The molecule has 2 nitrogen and oxygen atoms in total. The lowest BCUT2D eigenvalue weighted by atomic mass is 9.68. The van der Waals surface area contributed by atoms with Crippen LogP contribution in [0.25, 0.3) is 0 Å². The topological polar surface area (TPSA) is 12.5 Å². The fraction of sp³-hybridized carbons (Fsp3) is 0.619. The van der Waals surface area contributed by atoms with Crippen molar-refractivity contribution in [3.05, 3.63) is 29.3 Å². The van der Waals surface area contributed by atoms with Crippen molar-refractivity contribution in [3.63, 3.8) is 0 Å². The summed E-state index contributed by atoms with van der Waals surface area (Å²) in [5, 5.41) is 0. The molecule has 124 valence electrons. The van der Waals surface area contributed by atoms with Crippen LogP contribution < -0.4 is 4.74 Å². The van der Waals surface area contributed by atoms with Gasteiger partial charge in [-0.15, -0.1) is 6.42 Å². The fourth-order valence-corrected chi connectivity index (χ4v) is 4.59. The van der Waals surface area contributed by atoms with Crippen LogP contribution in [0.3, 0.4) is 0 Å². The second-order valence-corrected chi connectivity index (χ2v) is 7.68. The minimum absolute atomic E-state index is 0.367. The maximum atomic E-state index is 5.98. The Hall–Kier alpha value is -1.46. The quantitative estimate of drug-likeness (QED) is 0.590. The van der Waals surface area contributed by atoms with Crippen LogP contribution in [0.1, 0.15) is 57.1 Å². The highest BCUT2D eigenvalue weighted by Crippen LogP contribution is 2.45. The standard InChI is InChI=1S/C21H29NO/c1-5-17-7-12-20(16(2)15-17)23-14-6-13-22-19-10-8-18(9-11-19)21(22,3)4/h1,7,12,15,18-19H,6,8-11,13-14H2,2-4H3. The zero-order chi connectivity index (χ0) is 16.4. The van der Waals surface area contributed by atoms with Gasteiger partial charge in [0.2, 0.25) is 0 Å². The van der Waals surface area contributed by atoms with Gasteiger partial charge in [-0.2, -0.15) is 0 Å². The van der Waals surface area contributed by atoms with Gasteiger partial charge in [-0.3, -0.25) is 4.90 Å². The molecule has 2 bridgehead atoms. The summed E-state index contributed by atoms with van der Waals surface area (Å²) in [6.07, 6.45) is 12.1. The average Bonchev–Trinajstić information content (AvgIpc) is 2.55. The van der Waals surface area contributed by atoms with E-state index in [0.717, 1.165) is 48.4 Å². The predicted molar refractivity (Wildman–Crippen MR) is 95.8 cm³/mol. The molecule has 0 spiro atoms. The van der Waals surface area contributed by atoms with E-state index in [-0.39, 0.29) is 0 Å². The first-order chi connectivity index (χ1) is 11.0. The molecule has 0 aromatic heterocycles. The molecule has 3 fully saturated rings. The average molecular weight is 311 g/mol. The number of fused-ring (bicyclic) bond motifs is 3. The number of terminal acetylenes is 1. The van der Waals surface area contributed by atoms with Gasteiger partial charge in [0.15, 0.2) is 0 Å². The number of hydrogen-bond donors (Lipinski definition) is 0. The van der Waals surface area contributed by atoms with E-state index < -0.39 is 0 Å². The number of hydrogen-bond acceptors (Lipinski definition) is 2. The van der Waals surface area contributed by atoms with E-state index in [2.05, 4.69) is 31.6 Å². The lowest BCUT2D eigenvalue weighted by Crippen LogP contribution is -2.61. The van der Waals surface area contributed by atoms with E-state index in [1.807, 2.05) is 18.2 Å². The van der Waals surface area contributed by atoms with Crippen molar-refractivity contribution in [2.45, 2.75) is 64.5 Å².